The molecule has 0 spiro atoms. The van der Waals surface area contributed by atoms with Crippen molar-refractivity contribution in [2.45, 2.75) is 13.8 Å². The van der Waals surface area contributed by atoms with Crippen molar-refractivity contribution in [3.63, 3.8) is 0 Å². The lowest BCUT2D eigenvalue weighted by atomic mass is 10.0. The summed E-state index contributed by atoms with van der Waals surface area (Å²) in [5.74, 6) is 0. The van der Waals surface area contributed by atoms with Crippen LogP contribution in [-0.4, -0.2) is 4.98 Å². The summed E-state index contributed by atoms with van der Waals surface area (Å²) >= 11 is 0. The van der Waals surface area contributed by atoms with Crippen LogP contribution in [0.2, 0.25) is 0 Å². The van der Waals surface area contributed by atoms with Crippen LogP contribution in [0.15, 0.2) is 42.5 Å². The number of pyridine rings is 1. The van der Waals surface area contributed by atoms with Gasteiger partial charge in [-0.2, -0.15) is 0 Å². The molecule has 0 amide bonds. The van der Waals surface area contributed by atoms with Crippen molar-refractivity contribution < 1.29 is 0 Å². The number of benzene rings is 2. The summed E-state index contributed by atoms with van der Waals surface area (Å²) in [7, 11) is 0. The third-order valence-corrected chi connectivity index (χ3v) is 3.18. The third kappa shape index (κ3) is 1.21. The highest BCUT2D eigenvalue weighted by Gasteiger charge is 2.05. The van der Waals surface area contributed by atoms with Crippen LogP contribution in [0.1, 0.15) is 11.1 Å². The maximum atomic E-state index is 4.74. The first-order chi connectivity index (χ1) is 7.77. The van der Waals surface area contributed by atoms with E-state index in [-0.39, 0.29) is 0 Å². The Balaban J connectivity index is 2.61. The van der Waals surface area contributed by atoms with Gasteiger partial charge in [0.2, 0.25) is 0 Å². The molecular formula is C15H13N. The lowest BCUT2D eigenvalue weighted by Gasteiger charge is -2.08. The summed E-state index contributed by atoms with van der Waals surface area (Å²) in [6.07, 6.45) is 0. The van der Waals surface area contributed by atoms with Gasteiger partial charge in [-0.15, -0.1) is 0 Å². The van der Waals surface area contributed by atoms with Crippen LogP contribution in [-0.2, 0) is 0 Å². The second-order valence-electron chi connectivity index (χ2n) is 4.23. The minimum Gasteiger partial charge on any atom is -0.247 e. The van der Waals surface area contributed by atoms with Gasteiger partial charge in [-0.1, -0.05) is 36.4 Å². The third-order valence-electron chi connectivity index (χ3n) is 3.18. The van der Waals surface area contributed by atoms with E-state index >= 15 is 0 Å². The molecule has 0 radical (unpaired) electrons. The maximum Gasteiger partial charge on any atom is 0.0741 e. The number of para-hydroxylation sites is 2. The Labute approximate surface area is 94.7 Å². The van der Waals surface area contributed by atoms with Gasteiger partial charge in [0.15, 0.2) is 0 Å². The Morgan fingerprint density at radius 1 is 0.812 bits per heavy atom. The minimum absolute atomic E-state index is 1.09. The average molecular weight is 207 g/mol. The fourth-order valence-electron chi connectivity index (χ4n) is 2.26. The molecule has 2 aromatic carbocycles. The number of aryl methyl sites for hydroxylation is 2. The van der Waals surface area contributed by atoms with Crippen molar-refractivity contribution in [3.05, 3.63) is 53.6 Å². The molecule has 1 aromatic heterocycles. The van der Waals surface area contributed by atoms with Crippen molar-refractivity contribution in [3.8, 4) is 0 Å². The number of fused-ring (bicyclic) bond motifs is 2. The van der Waals surface area contributed by atoms with Crippen molar-refractivity contribution in [2.75, 3.05) is 0 Å². The van der Waals surface area contributed by atoms with E-state index in [4.69, 9.17) is 4.98 Å². The van der Waals surface area contributed by atoms with E-state index in [9.17, 15) is 0 Å². The summed E-state index contributed by atoms with van der Waals surface area (Å²) in [4.78, 5) is 4.74. The molecule has 0 aliphatic carbocycles. The summed E-state index contributed by atoms with van der Waals surface area (Å²) in [6, 6.07) is 14.7. The fraction of sp³-hybridized carbons (Fsp3) is 0.133. The molecule has 0 aliphatic rings. The zero-order valence-electron chi connectivity index (χ0n) is 9.49. The number of hydrogen-bond acceptors (Lipinski definition) is 1. The summed E-state index contributed by atoms with van der Waals surface area (Å²) in [5, 5.41) is 2.51. The molecule has 1 heteroatoms. The quantitative estimate of drug-likeness (QED) is 0.508. The normalized spacial score (nSPS) is 11.1. The molecule has 0 aliphatic heterocycles. The van der Waals surface area contributed by atoms with Crippen LogP contribution < -0.4 is 0 Å². The second-order valence-corrected chi connectivity index (χ2v) is 4.23. The summed E-state index contributed by atoms with van der Waals surface area (Å²) < 4.78 is 0. The van der Waals surface area contributed by atoms with Crippen LogP contribution in [0.3, 0.4) is 0 Å². The lowest BCUT2D eigenvalue weighted by molar-refractivity contribution is 1.40. The molecule has 3 rings (SSSR count). The van der Waals surface area contributed by atoms with Crippen molar-refractivity contribution in [1.29, 1.82) is 0 Å². The van der Waals surface area contributed by atoms with Gasteiger partial charge in [-0.25, -0.2) is 4.98 Å². The molecule has 0 fully saturated rings. The lowest BCUT2D eigenvalue weighted by Crippen LogP contribution is -1.89. The van der Waals surface area contributed by atoms with Crippen LogP contribution in [0.4, 0.5) is 0 Å². The monoisotopic (exact) mass is 207 g/mol. The number of nitrogens with zero attached hydrogens (tertiary/aromatic N) is 1. The van der Waals surface area contributed by atoms with Gasteiger partial charge in [-0.05, 0) is 31.0 Å². The molecule has 0 saturated carbocycles. The largest absolute Gasteiger partial charge is 0.247 e. The fourth-order valence-corrected chi connectivity index (χ4v) is 2.26. The maximum absolute atomic E-state index is 4.74. The first kappa shape index (κ1) is 9.34. The van der Waals surface area contributed by atoms with Gasteiger partial charge in [0.25, 0.3) is 0 Å². The van der Waals surface area contributed by atoms with E-state index in [0.29, 0.717) is 0 Å². The van der Waals surface area contributed by atoms with Crippen LogP contribution >= 0.6 is 0 Å². The first-order valence-corrected chi connectivity index (χ1v) is 5.52. The Kier molecular flexibility index (Phi) is 1.93. The van der Waals surface area contributed by atoms with Crippen molar-refractivity contribution >= 4 is 21.8 Å². The highest BCUT2D eigenvalue weighted by atomic mass is 14.7. The molecule has 0 N–H and O–H groups in total. The molecule has 1 heterocycles. The van der Waals surface area contributed by atoms with Gasteiger partial charge >= 0.3 is 0 Å². The zero-order valence-corrected chi connectivity index (χ0v) is 9.49. The smallest absolute Gasteiger partial charge is 0.0741 e. The van der Waals surface area contributed by atoms with E-state index in [1.165, 1.54) is 21.9 Å². The Morgan fingerprint density at radius 3 is 2.44 bits per heavy atom. The van der Waals surface area contributed by atoms with Crippen LogP contribution in [0, 0.1) is 13.8 Å². The predicted octanol–water partition coefficient (Wildman–Crippen LogP) is 4.00. The van der Waals surface area contributed by atoms with E-state index in [2.05, 4.69) is 50.2 Å². The van der Waals surface area contributed by atoms with Crippen LogP contribution in [0.5, 0.6) is 0 Å². The molecule has 16 heavy (non-hydrogen) atoms. The zero-order chi connectivity index (χ0) is 11.1. The average Bonchev–Trinajstić information content (AvgIpc) is 2.31. The van der Waals surface area contributed by atoms with Gasteiger partial charge in [0.1, 0.15) is 0 Å². The number of hydrogen-bond donors (Lipinski definition) is 0. The topological polar surface area (TPSA) is 12.9 Å². The van der Waals surface area contributed by atoms with Crippen molar-refractivity contribution in [1.82, 2.24) is 4.98 Å². The van der Waals surface area contributed by atoms with Gasteiger partial charge < -0.3 is 0 Å². The van der Waals surface area contributed by atoms with E-state index < -0.39 is 0 Å². The summed E-state index contributed by atoms with van der Waals surface area (Å²) in [5.41, 5.74) is 4.77. The SMILES string of the molecule is Cc1c2ccccc2nc2c(C)cccc12. The second kappa shape index (κ2) is 3.31. The highest BCUT2D eigenvalue weighted by molar-refractivity contribution is 5.98. The highest BCUT2D eigenvalue weighted by Crippen LogP contribution is 2.26. The molecule has 0 unspecified atom stereocenters. The van der Waals surface area contributed by atoms with Crippen molar-refractivity contribution in [2.24, 2.45) is 0 Å². The Bertz CT molecular complexity index is 683. The van der Waals surface area contributed by atoms with E-state index in [1.54, 1.807) is 0 Å². The van der Waals surface area contributed by atoms with E-state index in [0.717, 1.165) is 11.0 Å². The Hall–Kier alpha value is -1.89. The molecule has 78 valence electrons. The molecule has 0 saturated heterocycles. The minimum atomic E-state index is 1.09. The van der Waals surface area contributed by atoms with Gasteiger partial charge in [0.05, 0.1) is 11.0 Å². The molecular weight excluding hydrogens is 194 g/mol. The Morgan fingerprint density at radius 2 is 1.56 bits per heavy atom. The summed E-state index contributed by atoms with van der Waals surface area (Å²) in [6.45, 7) is 4.29. The molecule has 3 aromatic rings. The standard InChI is InChI=1S/C15H13N/c1-10-6-5-8-13-11(2)12-7-3-4-9-14(12)16-15(10)13/h3-9H,1-2H3. The molecule has 1 nitrogen and oxygen atoms in total. The van der Waals surface area contributed by atoms with Crippen LogP contribution in [0.25, 0.3) is 21.8 Å². The molecule has 0 atom stereocenters. The predicted molar refractivity (Wildman–Crippen MR) is 68.7 cm³/mol. The first-order valence-electron chi connectivity index (χ1n) is 5.52. The number of aromatic nitrogens is 1. The molecule has 0 bridgehead atoms. The van der Waals surface area contributed by atoms with Gasteiger partial charge in [-0.3, -0.25) is 0 Å². The number of rotatable bonds is 0. The van der Waals surface area contributed by atoms with E-state index in [1.807, 2.05) is 6.07 Å². The van der Waals surface area contributed by atoms with Gasteiger partial charge in [0, 0.05) is 10.8 Å².